The van der Waals surface area contributed by atoms with Gasteiger partial charge in [-0.1, -0.05) is 11.6 Å². The highest BCUT2D eigenvalue weighted by Crippen LogP contribution is 2.30. The molecule has 30 heavy (non-hydrogen) atoms. The summed E-state index contributed by atoms with van der Waals surface area (Å²) in [5, 5.41) is 4.48. The minimum absolute atomic E-state index is 0.0764. The van der Waals surface area contributed by atoms with E-state index in [1.54, 1.807) is 12.1 Å². The van der Waals surface area contributed by atoms with Crippen molar-refractivity contribution in [3.05, 3.63) is 69.8 Å². The number of halogens is 1. The van der Waals surface area contributed by atoms with E-state index in [0.717, 1.165) is 22.8 Å². The molecule has 0 atom stereocenters. The minimum atomic E-state index is -4.26. The highest BCUT2D eigenvalue weighted by atomic mass is 35.5. The number of furan rings is 1. The average Bonchev–Trinajstić information content (AvgIpc) is 3.42. The Morgan fingerprint density at radius 3 is 2.57 bits per heavy atom. The average molecular weight is 469 g/mol. The van der Waals surface area contributed by atoms with E-state index >= 15 is 0 Å². The molecule has 0 fully saturated rings. The molecule has 2 heterocycles. The van der Waals surface area contributed by atoms with Crippen LogP contribution in [0.3, 0.4) is 0 Å². The van der Waals surface area contributed by atoms with Gasteiger partial charge < -0.3 is 14.5 Å². The molecule has 0 saturated carbocycles. The third kappa shape index (κ3) is 4.84. The fourth-order valence-electron chi connectivity index (χ4n) is 2.57. The summed E-state index contributed by atoms with van der Waals surface area (Å²) < 4.78 is 37.5. The van der Waals surface area contributed by atoms with Crippen molar-refractivity contribution in [2.45, 2.75) is 11.4 Å². The van der Waals surface area contributed by atoms with Crippen molar-refractivity contribution in [1.82, 2.24) is 5.32 Å². The number of amides is 1. The number of benzene rings is 1. The van der Waals surface area contributed by atoms with Gasteiger partial charge in [0.25, 0.3) is 10.0 Å². The summed E-state index contributed by atoms with van der Waals surface area (Å²) in [5.74, 6) is -0.809. The van der Waals surface area contributed by atoms with Gasteiger partial charge in [0.15, 0.2) is 0 Å². The van der Waals surface area contributed by atoms with Crippen LogP contribution in [-0.4, -0.2) is 33.9 Å². The fourth-order valence-corrected chi connectivity index (χ4v) is 5.43. The molecule has 0 unspecified atom stereocenters. The first-order valence-corrected chi connectivity index (χ1v) is 11.3. The second kappa shape index (κ2) is 9.33. The van der Waals surface area contributed by atoms with E-state index in [-0.39, 0.29) is 22.0 Å². The number of hydrogen-bond acceptors (Lipinski definition) is 7. The predicted octanol–water partition coefficient (Wildman–Crippen LogP) is 3.29. The molecule has 0 spiro atoms. The number of hydrogen-bond donors (Lipinski definition) is 1. The van der Waals surface area contributed by atoms with Gasteiger partial charge in [-0.25, -0.2) is 13.2 Å². The number of rotatable bonds is 8. The van der Waals surface area contributed by atoms with Crippen molar-refractivity contribution in [2.75, 3.05) is 18.0 Å². The number of nitrogens with one attached hydrogen (secondary N) is 1. The van der Waals surface area contributed by atoms with E-state index in [9.17, 15) is 18.0 Å². The van der Waals surface area contributed by atoms with Gasteiger partial charge in [0, 0.05) is 5.02 Å². The van der Waals surface area contributed by atoms with Crippen LogP contribution >= 0.6 is 22.9 Å². The summed E-state index contributed by atoms with van der Waals surface area (Å²) in [7, 11) is -3.10. The lowest BCUT2D eigenvalue weighted by molar-refractivity contribution is -0.119. The van der Waals surface area contributed by atoms with Gasteiger partial charge in [-0.05, 0) is 47.8 Å². The van der Waals surface area contributed by atoms with Crippen molar-refractivity contribution < 1.29 is 27.2 Å². The molecule has 158 valence electrons. The Balaban J connectivity index is 1.93. The quantitative estimate of drug-likeness (QED) is 0.508. The molecule has 0 aliphatic heterocycles. The van der Waals surface area contributed by atoms with E-state index in [1.807, 2.05) is 0 Å². The third-order valence-electron chi connectivity index (χ3n) is 4.01. The maximum atomic E-state index is 13.4. The SMILES string of the molecule is COC(=O)c1sccc1S(=O)(=O)N(CC(=O)NCc1ccco1)c1ccc(Cl)cc1. The molecule has 2 aromatic heterocycles. The molecule has 0 radical (unpaired) electrons. The summed E-state index contributed by atoms with van der Waals surface area (Å²) >= 11 is 6.85. The molecule has 3 aromatic rings. The predicted molar refractivity (Wildman–Crippen MR) is 112 cm³/mol. The maximum absolute atomic E-state index is 13.4. The highest BCUT2D eigenvalue weighted by molar-refractivity contribution is 7.93. The zero-order valence-electron chi connectivity index (χ0n) is 15.7. The second-order valence-corrected chi connectivity index (χ2v) is 9.13. The molecule has 0 aliphatic carbocycles. The van der Waals surface area contributed by atoms with E-state index < -0.39 is 28.4 Å². The number of ether oxygens (including phenoxy) is 1. The van der Waals surface area contributed by atoms with Crippen molar-refractivity contribution >= 4 is 50.5 Å². The van der Waals surface area contributed by atoms with Gasteiger partial charge in [0.1, 0.15) is 22.1 Å². The minimum Gasteiger partial charge on any atom is -0.467 e. The van der Waals surface area contributed by atoms with E-state index in [4.69, 9.17) is 16.0 Å². The van der Waals surface area contributed by atoms with Gasteiger partial charge in [-0.15, -0.1) is 11.3 Å². The lowest BCUT2D eigenvalue weighted by atomic mass is 10.3. The van der Waals surface area contributed by atoms with E-state index in [0.29, 0.717) is 10.8 Å². The van der Waals surface area contributed by atoms with Crippen LogP contribution < -0.4 is 9.62 Å². The maximum Gasteiger partial charge on any atom is 0.349 e. The number of carbonyl (C=O) groups is 2. The van der Waals surface area contributed by atoms with Gasteiger partial charge in [0.05, 0.1) is 25.6 Å². The van der Waals surface area contributed by atoms with Crippen LogP contribution in [0.25, 0.3) is 0 Å². The van der Waals surface area contributed by atoms with Crippen LogP contribution in [0.4, 0.5) is 5.69 Å². The van der Waals surface area contributed by atoms with Gasteiger partial charge in [0.2, 0.25) is 5.91 Å². The molecule has 0 bridgehead atoms. The van der Waals surface area contributed by atoms with Crippen LogP contribution in [0.1, 0.15) is 15.4 Å². The van der Waals surface area contributed by atoms with Crippen molar-refractivity contribution in [3.8, 4) is 0 Å². The summed E-state index contributed by atoms with van der Waals surface area (Å²) in [6.45, 7) is -0.409. The molecule has 1 aromatic carbocycles. The fraction of sp³-hybridized carbons (Fsp3) is 0.158. The number of sulfonamides is 1. The molecular formula is C19H17ClN2O6S2. The first kappa shape index (κ1) is 21.9. The monoisotopic (exact) mass is 468 g/mol. The molecule has 0 saturated heterocycles. The van der Waals surface area contributed by atoms with Gasteiger partial charge in [-0.3, -0.25) is 9.10 Å². The van der Waals surface area contributed by atoms with Crippen molar-refractivity contribution in [1.29, 1.82) is 0 Å². The van der Waals surface area contributed by atoms with Crippen LogP contribution in [0, 0.1) is 0 Å². The van der Waals surface area contributed by atoms with Crippen LogP contribution in [0.15, 0.2) is 63.4 Å². The zero-order valence-corrected chi connectivity index (χ0v) is 18.1. The second-order valence-electron chi connectivity index (χ2n) is 5.95. The summed E-state index contributed by atoms with van der Waals surface area (Å²) in [6.07, 6.45) is 1.47. The number of carbonyl (C=O) groups excluding carboxylic acids is 2. The summed E-state index contributed by atoms with van der Waals surface area (Å²) in [6, 6.07) is 10.6. The summed E-state index contributed by atoms with van der Waals surface area (Å²) in [5.41, 5.74) is 0.217. The standard InChI is InChI=1S/C19H17ClN2O6S2/c1-27-19(24)18-16(8-10-29-18)30(25,26)22(14-6-4-13(20)5-7-14)12-17(23)21-11-15-3-2-9-28-15/h2-10H,11-12H2,1H3,(H,21,23). The number of thiophene rings is 1. The number of nitrogens with zero attached hydrogens (tertiary/aromatic N) is 1. The lowest BCUT2D eigenvalue weighted by Crippen LogP contribution is -2.41. The van der Waals surface area contributed by atoms with Crippen molar-refractivity contribution in [2.24, 2.45) is 0 Å². The van der Waals surface area contributed by atoms with Crippen LogP contribution in [-0.2, 0) is 26.1 Å². The van der Waals surface area contributed by atoms with E-state index in [1.165, 1.54) is 42.0 Å². The third-order valence-corrected chi connectivity index (χ3v) is 7.10. The molecular weight excluding hydrogens is 452 g/mol. The normalized spacial score (nSPS) is 11.1. The molecule has 8 nitrogen and oxygen atoms in total. The molecule has 1 N–H and O–H groups in total. The Morgan fingerprint density at radius 2 is 1.93 bits per heavy atom. The number of methoxy groups -OCH3 is 1. The number of esters is 1. The largest absolute Gasteiger partial charge is 0.467 e. The Kier molecular flexibility index (Phi) is 6.80. The molecule has 0 aliphatic rings. The van der Waals surface area contributed by atoms with Crippen LogP contribution in [0.5, 0.6) is 0 Å². The Hall–Kier alpha value is -2.82. The first-order valence-electron chi connectivity index (χ1n) is 8.56. The Bertz CT molecular complexity index is 1120. The molecule has 11 heteroatoms. The Labute approximate surface area is 182 Å². The zero-order chi connectivity index (χ0) is 21.7. The molecule has 3 rings (SSSR count). The van der Waals surface area contributed by atoms with Gasteiger partial charge in [-0.2, -0.15) is 0 Å². The first-order chi connectivity index (χ1) is 14.3. The van der Waals surface area contributed by atoms with Crippen LogP contribution in [0.2, 0.25) is 5.02 Å². The summed E-state index contributed by atoms with van der Waals surface area (Å²) in [4.78, 5) is 24.2. The van der Waals surface area contributed by atoms with Gasteiger partial charge >= 0.3 is 5.97 Å². The van der Waals surface area contributed by atoms with Crippen molar-refractivity contribution in [3.63, 3.8) is 0 Å². The topological polar surface area (TPSA) is 106 Å². The smallest absolute Gasteiger partial charge is 0.349 e. The Morgan fingerprint density at radius 1 is 1.20 bits per heavy atom. The lowest BCUT2D eigenvalue weighted by Gasteiger charge is -2.24. The molecule has 1 amide bonds. The van der Waals surface area contributed by atoms with E-state index in [2.05, 4.69) is 10.1 Å². The number of anilines is 1. The highest BCUT2D eigenvalue weighted by Gasteiger charge is 2.32.